The monoisotopic (exact) mass is 240 g/mol. The van der Waals surface area contributed by atoms with Gasteiger partial charge in [0.1, 0.15) is 0 Å². The molecule has 0 radical (unpaired) electrons. The lowest BCUT2D eigenvalue weighted by Crippen LogP contribution is -2.31. The second-order valence-corrected chi connectivity index (χ2v) is 4.47. The molecule has 0 rings (SSSR count). The van der Waals surface area contributed by atoms with Crippen molar-refractivity contribution in [2.75, 3.05) is 27.2 Å². The predicted molar refractivity (Wildman–Crippen MR) is 74.1 cm³/mol. The van der Waals surface area contributed by atoms with Gasteiger partial charge < -0.3 is 10.2 Å². The Balaban J connectivity index is 3.52. The molecule has 0 heterocycles. The van der Waals surface area contributed by atoms with Crippen LogP contribution in [-0.4, -0.2) is 38.0 Å². The molecule has 0 unspecified atom stereocenters. The molecule has 3 nitrogen and oxygen atoms in total. The Bertz CT molecular complexity index is 214. The molecule has 0 aliphatic rings. The minimum Gasteiger partial charge on any atom is -0.341 e. The number of allylic oxidation sites excluding steroid dienone is 1. The lowest BCUT2D eigenvalue weighted by molar-refractivity contribution is -0.124. The van der Waals surface area contributed by atoms with Crippen LogP contribution in [-0.2, 0) is 4.79 Å². The van der Waals surface area contributed by atoms with E-state index in [0.29, 0.717) is 0 Å². The molecule has 3 heteroatoms. The van der Waals surface area contributed by atoms with E-state index in [9.17, 15) is 4.79 Å². The zero-order valence-electron chi connectivity index (χ0n) is 11.7. The van der Waals surface area contributed by atoms with Gasteiger partial charge in [-0.2, -0.15) is 0 Å². The van der Waals surface area contributed by atoms with Gasteiger partial charge in [0.2, 0.25) is 5.91 Å². The van der Waals surface area contributed by atoms with Crippen LogP contribution < -0.4 is 5.32 Å². The van der Waals surface area contributed by atoms with Gasteiger partial charge in [-0.3, -0.25) is 4.79 Å². The number of carbonyl (C=O) groups is 1. The molecule has 0 aromatic heterocycles. The van der Waals surface area contributed by atoms with E-state index >= 15 is 0 Å². The molecule has 0 aliphatic carbocycles. The summed E-state index contributed by atoms with van der Waals surface area (Å²) in [4.78, 5) is 13.3. The number of hydrogen-bond acceptors (Lipinski definition) is 2. The van der Waals surface area contributed by atoms with Crippen LogP contribution in [0.4, 0.5) is 0 Å². The average Bonchev–Trinajstić information content (AvgIpc) is 2.34. The zero-order valence-corrected chi connectivity index (χ0v) is 11.7. The van der Waals surface area contributed by atoms with Crippen molar-refractivity contribution in [1.82, 2.24) is 10.2 Å². The summed E-state index contributed by atoms with van der Waals surface area (Å²) in [6, 6.07) is 0. The van der Waals surface area contributed by atoms with Crippen molar-refractivity contribution in [2.45, 2.75) is 45.4 Å². The van der Waals surface area contributed by atoms with Crippen LogP contribution in [0.3, 0.4) is 0 Å². The average molecular weight is 240 g/mol. The maximum absolute atomic E-state index is 11.6. The SMILES string of the molecule is CCCCCCC/C=C/C(=O)N(C)CCNC. The Hall–Kier alpha value is -0.830. The van der Waals surface area contributed by atoms with E-state index in [-0.39, 0.29) is 5.91 Å². The maximum Gasteiger partial charge on any atom is 0.246 e. The van der Waals surface area contributed by atoms with Gasteiger partial charge in [-0.25, -0.2) is 0 Å². The molecule has 0 aromatic rings. The molecule has 17 heavy (non-hydrogen) atoms. The van der Waals surface area contributed by atoms with Crippen LogP contribution in [0.5, 0.6) is 0 Å². The Labute approximate surface area is 106 Å². The Morgan fingerprint density at radius 1 is 1.24 bits per heavy atom. The first-order chi connectivity index (χ1) is 8.22. The fraction of sp³-hybridized carbons (Fsp3) is 0.786. The molecule has 1 N–H and O–H groups in total. The zero-order chi connectivity index (χ0) is 12.9. The number of nitrogens with zero attached hydrogens (tertiary/aromatic N) is 1. The molecule has 0 fully saturated rings. The van der Waals surface area contributed by atoms with E-state index in [2.05, 4.69) is 12.2 Å². The minimum atomic E-state index is 0.105. The molecule has 0 aromatic carbocycles. The third kappa shape index (κ3) is 10.1. The third-order valence-electron chi connectivity index (χ3n) is 2.81. The summed E-state index contributed by atoms with van der Waals surface area (Å²) in [7, 11) is 3.73. The van der Waals surface area contributed by atoms with Crippen molar-refractivity contribution in [2.24, 2.45) is 0 Å². The molecular weight excluding hydrogens is 212 g/mol. The number of hydrogen-bond donors (Lipinski definition) is 1. The first kappa shape index (κ1) is 16.2. The normalized spacial score (nSPS) is 11.0. The largest absolute Gasteiger partial charge is 0.341 e. The van der Waals surface area contributed by atoms with E-state index in [1.807, 2.05) is 20.2 Å². The minimum absolute atomic E-state index is 0.105. The lowest BCUT2D eigenvalue weighted by atomic mass is 10.1. The molecule has 0 bridgehead atoms. The molecule has 0 spiro atoms. The van der Waals surface area contributed by atoms with Crippen LogP contribution in [0.25, 0.3) is 0 Å². The van der Waals surface area contributed by atoms with Crippen LogP contribution in [0.15, 0.2) is 12.2 Å². The topological polar surface area (TPSA) is 32.3 Å². The summed E-state index contributed by atoms with van der Waals surface area (Å²) >= 11 is 0. The highest BCUT2D eigenvalue weighted by atomic mass is 16.2. The second kappa shape index (κ2) is 11.6. The van der Waals surface area contributed by atoms with Crippen molar-refractivity contribution < 1.29 is 4.79 Å². The van der Waals surface area contributed by atoms with Gasteiger partial charge in [-0.1, -0.05) is 38.7 Å². The van der Waals surface area contributed by atoms with Crippen LogP contribution >= 0.6 is 0 Å². The number of likely N-dealkylation sites (N-methyl/N-ethyl adjacent to an activating group) is 2. The van der Waals surface area contributed by atoms with Gasteiger partial charge in [0.25, 0.3) is 0 Å². The second-order valence-electron chi connectivity index (χ2n) is 4.47. The highest BCUT2D eigenvalue weighted by Gasteiger charge is 2.02. The predicted octanol–water partition coefficient (Wildman–Crippen LogP) is 2.58. The Morgan fingerprint density at radius 3 is 2.59 bits per heavy atom. The summed E-state index contributed by atoms with van der Waals surface area (Å²) in [6.45, 7) is 3.82. The van der Waals surface area contributed by atoms with Gasteiger partial charge in [0, 0.05) is 20.1 Å². The van der Waals surface area contributed by atoms with Crippen molar-refractivity contribution in [3.63, 3.8) is 0 Å². The first-order valence-corrected chi connectivity index (χ1v) is 6.78. The molecule has 1 amide bonds. The van der Waals surface area contributed by atoms with Crippen LogP contribution in [0.1, 0.15) is 45.4 Å². The maximum atomic E-state index is 11.6. The van der Waals surface area contributed by atoms with Crippen LogP contribution in [0.2, 0.25) is 0 Å². The van der Waals surface area contributed by atoms with Gasteiger partial charge >= 0.3 is 0 Å². The van der Waals surface area contributed by atoms with E-state index in [1.54, 1.807) is 11.0 Å². The number of carbonyl (C=O) groups excluding carboxylic acids is 1. The molecule has 0 saturated heterocycles. The molecule has 0 saturated carbocycles. The third-order valence-corrected chi connectivity index (χ3v) is 2.81. The molecule has 0 aliphatic heterocycles. The fourth-order valence-electron chi connectivity index (χ4n) is 1.57. The lowest BCUT2D eigenvalue weighted by Gasteiger charge is -2.14. The number of amides is 1. The van der Waals surface area contributed by atoms with E-state index in [0.717, 1.165) is 19.5 Å². The van der Waals surface area contributed by atoms with Crippen molar-refractivity contribution in [3.05, 3.63) is 12.2 Å². The van der Waals surface area contributed by atoms with Crippen molar-refractivity contribution >= 4 is 5.91 Å². The first-order valence-electron chi connectivity index (χ1n) is 6.78. The summed E-state index contributed by atoms with van der Waals surface area (Å²) in [6.07, 6.45) is 11.1. The summed E-state index contributed by atoms with van der Waals surface area (Å²) in [5.74, 6) is 0.105. The standard InChI is InChI=1S/C14H28N2O/c1-4-5-6-7-8-9-10-11-14(17)16(3)13-12-15-2/h10-11,15H,4-9,12-13H2,1-3H3/b11-10+. The van der Waals surface area contributed by atoms with Crippen molar-refractivity contribution in [3.8, 4) is 0 Å². The quantitative estimate of drug-likeness (QED) is 0.470. The number of nitrogens with one attached hydrogen (secondary N) is 1. The fourth-order valence-corrected chi connectivity index (χ4v) is 1.57. The number of rotatable bonds is 10. The Kier molecular flexibility index (Phi) is 11.1. The van der Waals surface area contributed by atoms with Gasteiger partial charge in [-0.15, -0.1) is 0 Å². The van der Waals surface area contributed by atoms with Crippen molar-refractivity contribution in [1.29, 1.82) is 0 Å². The molecule has 0 atom stereocenters. The summed E-state index contributed by atoms with van der Waals surface area (Å²) in [5, 5.41) is 3.03. The summed E-state index contributed by atoms with van der Waals surface area (Å²) < 4.78 is 0. The highest BCUT2D eigenvalue weighted by molar-refractivity contribution is 5.87. The van der Waals surface area contributed by atoms with Gasteiger partial charge in [0.05, 0.1) is 0 Å². The smallest absolute Gasteiger partial charge is 0.246 e. The van der Waals surface area contributed by atoms with E-state index in [4.69, 9.17) is 0 Å². The van der Waals surface area contributed by atoms with Crippen LogP contribution in [0, 0.1) is 0 Å². The molecular formula is C14H28N2O. The van der Waals surface area contributed by atoms with E-state index < -0.39 is 0 Å². The highest BCUT2D eigenvalue weighted by Crippen LogP contribution is 2.05. The summed E-state index contributed by atoms with van der Waals surface area (Å²) in [5.41, 5.74) is 0. The van der Waals surface area contributed by atoms with Gasteiger partial charge in [0.15, 0.2) is 0 Å². The van der Waals surface area contributed by atoms with E-state index in [1.165, 1.54) is 32.1 Å². The molecule has 100 valence electrons. The number of unbranched alkanes of at least 4 members (excludes halogenated alkanes) is 5. The van der Waals surface area contributed by atoms with Gasteiger partial charge in [-0.05, 0) is 26.0 Å². The Morgan fingerprint density at radius 2 is 1.94 bits per heavy atom.